The first-order valence-electron chi connectivity index (χ1n) is 6.50. The summed E-state index contributed by atoms with van der Waals surface area (Å²) in [6.45, 7) is 9.57. The van der Waals surface area contributed by atoms with Gasteiger partial charge in [-0.1, -0.05) is 34.6 Å². The molecule has 0 aliphatic rings. The molecule has 3 unspecified atom stereocenters. The molecular formula is C14H26O4. The molecule has 4 nitrogen and oxygen atoms in total. The zero-order valence-electron chi connectivity index (χ0n) is 12.1. The third kappa shape index (κ3) is 6.62. The predicted octanol–water partition coefficient (Wildman–Crippen LogP) is 3.26. The lowest BCUT2D eigenvalue weighted by atomic mass is 9.75. The molecular weight excluding hydrogens is 232 g/mol. The highest BCUT2D eigenvalue weighted by atomic mass is 16.4. The summed E-state index contributed by atoms with van der Waals surface area (Å²) in [6, 6.07) is 0. The highest BCUT2D eigenvalue weighted by molar-refractivity contribution is 5.69. The van der Waals surface area contributed by atoms with Crippen LogP contribution < -0.4 is 0 Å². The fourth-order valence-corrected chi connectivity index (χ4v) is 2.73. The zero-order chi connectivity index (χ0) is 14.5. The minimum atomic E-state index is -0.769. The van der Waals surface area contributed by atoms with Crippen LogP contribution in [0.4, 0.5) is 0 Å². The van der Waals surface area contributed by atoms with Crippen molar-refractivity contribution in [3.8, 4) is 0 Å². The number of hydrogen-bond acceptors (Lipinski definition) is 2. The molecule has 0 aromatic rings. The van der Waals surface area contributed by atoms with Crippen LogP contribution in [-0.4, -0.2) is 22.2 Å². The van der Waals surface area contributed by atoms with Gasteiger partial charge in [-0.2, -0.15) is 0 Å². The predicted molar refractivity (Wildman–Crippen MR) is 70.4 cm³/mol. The van der Waals surface area contributed by atoms with Gasteiger partial charge < -0.3 is 10.2 Å². The van der Waals surface area contributed by atoms with E-state index in [0.29, 0.717) is 12.8 Å². The van der Waals surface area contributed by atoms with Gasteiger partial charge in [-0.3, -0.25) is 9.59 Å². The minimum Gasteiger partial charge on any atom is -0.481 e. The Morgan fingerprint density at radius 1 is 0.944 bits per heavy atom. The summed E-state index contributed by atoms with van der Waals surface area (Å²) >= 11 is 0. The standard InChI is InChI=1S/C14H26O4/c1-9(6-10(2)12(15)16)7-14(4,5)8-11(3)13(17)18/h9-11H,6-8H2,1-5H3,(H,15,16)(H,17,18). The molecule has 0 aliphatic carbocycles. The van der Waals surface area contributed by atoms with Crippen LogP contribution in [0.1, 0.15) is 53.9 Å². The molecule has 0 aromatic carbocycles. The largest absolute Gasteiger partial charge is 0.481 e. The molecule has 0 saturated carbocycles. The summed E-state index contributed by atoms with van der Waals surface area (Å²) < 4.78 is 0. The summed E-state index contributed by atoms with van der Waals surface area (Å²) in [6.07, 6.45) is 2.11. The number of carboxylic acid groups (broad SMARTS) is 2. The SMILES string of the molecule is CC(CC(C)C(=O)O)CC(C)(C)CC(C)C(=O)O. The molecule has 0 saturated heterocycles. The van der Waals surface area contributed by atoms with Crippen LogP contribution >= 0.6 is 0 Å². The fraction of sp³-hybridized carbons (Fsp3) is 0.857. The van der Waals surface area contributed by atoms with Gasteiger partial charge in [0.1, 0.15) is 0 Å². The highest BCUT2D eigenvalue weighted by Gasteiger charge is 2.27. The molecule has 0 rings (SSSR count). The van der Waals surface area contributed by atoms with Crippen molar-refractivity contribution in [2.75, 3.05) is 0 Å². The van der Waals surface area contributed by atoms with E-state index in [2.05, 4.69) is 0 Å². The Labute approximate surface area is 109 Å². The maximum absolute atomic E-state index is 10.9. The molecule has 0 aromatic heterocycles. The van der Waals surface area contributed by atoms with Crippen molar-refractivity contribution in [3.63, 3.8) is 0 Å². The first-order chi connectivity index (χ1) is 8.05. The van der Waals surface area contributed by atoms with Crippen molar-refractivity contribution in [1.82, 2.24) is 0 Å². The maximum atomic E-state index is 10.9. The monoisotopic (exact) mass is 258 g/mol. The number of rotatable bonds is 8. The van der Waals surface area contributed by atoms with E-state index in [-0.39, 0.29) is 23.2 Å². The van der Waals surface area contributed by atoms with Gasteiger partial charge in [0.2, 0.25) is 0 Å². The molecule has 0 fully saturated rings. The quantitative estimate of drug-likeness (QED) is 0.700. The Morgan fingerprint density at radius 3 is 1.78 bits per heavy atom. The molecule has 0 spiro atoms. The van der Waals surface area contributed by atoms with Crippen LogP contribution in [0, 0.1) is 23.2 Å². The summed E-state index contributed by atoms with van der Waals surface area (Å²) in [7, 11) is 0. The summed E-state index contributed by atoms with van der Waals surface area (Å²) in [5, 5.41) is 17.8. The Morgan fingerprint density at radius 2 is 1.39 bits per heavy atom. The van der Waals surface area contributed by atoms with Crippen LogP contribution in [0.2, 0.25) is 0 Å². The number of carboxylic acids is 2. The van der Waals surface area contributed by atoms with Gasteiger partial charge in [-0.05, 0) is 30.6 Å². The Kier molecular flexibility index (Phi) is 6.36. The lowest BCUT2D eigenvalue weighted by molar-refractivity contribution is -0.142. The van der Waals surface area contributed by atoms with Crippen LogP contribution in [-0.2, 0) is 9.59 Å². The van der Waals surface area contributed by atoms with Gasteiger partial charge in [0.25, 0.3) is 0 Å². The molecule has 18 heavy (non-hydrogen) atoms. The molecule has 0 amide bonds. The zero-order valence-corrected chi connectivity index (χ0v) is 12.1. The van der Waals surface area contributed by atoms with Crippen molar-refractivity contribution in [2.24, 2.45) is 23.2 Å². The molecule has 0 bridgehead atoms. The van der Waals surface area contributed by atoms with E-state index < -0.39 is 11.9 Å². The van der Waals surface area contributed by atoms with Gasteiger partial charge in [-0.25, -0.2) is 0 Å². The lowest BCUT2D eigenvalue weighted by Crippen LogP contribution is -2.24. The van der Waals surface area contributed by atoms with Crippen molar-refractivity contribution < 1.29 is 19.8 Å². The van der Waals surface area contributed by atoms with E-state index in [0.717, 1.165) is 6.42 Å². The second-order valence-corrected chi connectivity index (χ2v) is 6.39. The smallest absolute Gasteiger partial charge is 0.306 e. The van der Waals surface area contributed by atoms with Crippen molar-refractivity contribution in [1.29, 1.82) is 0 Å². The summed E-state index contributed by atoms with van der Waals surface area (Å²) in [4.78, 5) is 21.6. The van der Waals surface area contributed by atoms with E-state index in [4.69, 9.17) is 10.2 Å². The van der Waals surface area contributed by atoms with Gasteiger partial charge in [-0.15, -0.1) is 0 Å². The first-order valence-corrected chi connectivity index (χ1v) is 6.50. The number of aliphatic carboxylic acids is 2. The van der Waals surface area contributed by atoms with E-state index in [9.17, 15) is 9.59 Å². The Bertz CT molecular complexity index is 296. The van der Waals surface area contributed by atoms with Gasteiger partial charge in [0.15, 0.2) is 0 Å². The average Bonchev–Trinajstić information content (AvgIpc) is 2.14. The van der Waals surface area contributed by atoms with Gasteiger partial charge in [0.05, 0.1) is 11.8 Å². The molecule has 3 atom stereocenters. The normalized spacial score (nSPS) is 16.9. The van der Waals surface area contributed by atoms with Crippen LogP contribution in [0.5, 0.6) is 0 Å². The van der Waals surface area contributed by atoms with Gasteiger partial charge in [0, 0.05) is 0 Å². The van der Waals surface area contributed by atoms with Crippen molar-refractivity contribution in [2.45, 2.75) is 53.9 Å². The molecule has 4 heteroatoms. The number of carbonyl (C=O) groups is 2. The summed E-state index contributed by atoms with van der Waals surface area (Å²) in [5.41, 5.74) is -0.0740. The van der Waals surface area contributed by atoms with Crippen LogP contribution in [0.25, 0.3) is 0 Å². The Balaban J connectivity index is 4.30. The second kappa shape index (κ2) is 6.76. The molecule has 0 radical (unpaired) electrons. The highest BCUT2D eigenvalue weighted by Crippen LogP contribution is 2.34. The van der Waals surface area contributed by atoms with E-state index in [1.807, 2.05) is 20.8 Å². The third-order valence-electron chi connectivity index (χ3n) is 3.36. The van der Waals surface area contributed by atoms with Crippen LogP contribution in [0.3, 0.4) is 0 Å². The Hall–Kier alpha value is -1.06. The lowest BCUT2D eigenvalue weighted by Gasteiger charge is -2.30. The van der Waals surface area contributed by atoms with Gasteiger partial charge >= 0.3 is 11.9 Å². The molecule has 106 valence electrons. The minimum absolute atomic E-state index is 0.0740. The fourth-order valence-electron chi connectivity index (χ4n) is 2.73. The molecule has 0 aliphatic heterocycles. The van der Waals surface area contributed by atoms with E-state index >= 15 is 0 Å². The third-order valence-corrected chi connectivity index (χ3v) is 3.36. The van der Waals surface area contributed by atoms with Crippen LogP contribution in [0.15, 0.2) is 0 Å². The van der Waals surface area contributed by atoms with Crippen molar-refractivity contribution >= 4 is 11.9 Å². The van der Waals surface area contributed by atoms with E-state index in [1.165, 1.54) is 0 Å². The van der Waals surface area contributed by atoms with Crippen molar-refractivity contribution in [3.05, 3.63) is 0 Å². The first kappa shape index (κ1) is 16.9. The number of hydrogen-bond donors (Lipinski definition) is 2. The van der Waals surface area contributed by atoms with E-state index in [1.54, 1.807) is 13.8 Å². The summed E-state index contributed by atoms with van der Waals surface area (Å²) in [5.74, 6) is -1.95. The average molecular weight is 258 g/mol. The topological polar surface area (TPSA) is 74.6 Å². The molecule has 0 heterocycles. The maximum Gasteiger partial charge on any atom is 0.306 e. The molecule has 2 N–H and O–H groups in total. The second-order valence-electron chi connectivity index (χ2n) is 6.39.